The minimum absolute atomic E-state index is 0.215. The Morgan fingerprint density at radius 3 is 2.44 bits per heavy atom. The number of benzene rings is 1. The van der Waals surface area contributed by atoms with Crippen molar-refractivity contribution in [1.29, 1.82) is 0 Å². The number of carbonyl (C=O) groups is 1. The Labute approximate surface area is 94.7 Å². The van der Waals surface area contributed by atoms with E-state index in [1.165, 1.54) is 6.26 Å². The number of ether oxygens (including phenoxy) is 2. The Bertz CT molecular complexity index is 402. The molecule has 0 aliphatic heterocycles. The van der Waals surface area contributed by atoms with Crippen molar-refractivity contribution in [2.24, 2.45) is 0 Å². The van der Waals surface area contributed by atoms with Gasteiger partial charge < -0.3 is 9.47 Å². The highest BCUT2D eigenvalue weighted by Gasteiger charge is 2.52. The quantitative estimate of drug-likeness (QED) is 0.575. The van der Waals surface area contributed by atoms with Gasteiger partial charge in [-0.3, -0.25) is 4.79 Å². The second-order valence-corrected chi connectivity index (χ2v) is 3.88. The SMILES string of the molecule is C=COC(=O)C1(c2ccc(OC)cc2)CC1. The molecule has 0 spiro atoms. The lowest BCUT2D eigenvalue weighted by Gasteiger charge is -2.13. The molecule has 1 fully saturated rings. The fourth-order valence-corrected chi connectivity index (χ4v) is 1.83. The molecule has 1 aliphatic carbocycles. The summed E-state index contributed by atoms with van der Waals surface area (Å²) in [6.07, 6.45) is 2.87. The summed E-state index contributed by atoms with van der Waals surface area (Å²) in [5.41, 5.74) is 0.542. The van der Waals surface area contributed by atoms with Gasteiger partial charge in [0.2, 0.25) is 0 Å². The molecule has 2 rings (SSSR count). The molecular weight excluding hydrogens is 204 g/mol. The number of esters is 1. The van der Waals surface area contributed by atoms with E-state index in [0.29, 0.717) is 0 Å². The van der Waals surface area contributed by atoms with Crippen molar-refractivity contribution in [1.82, 2.24) is 0 Å². The third kappa shape index (κ3) is 1.69. The van der Waals surface area contributed by atoms with Gasteiger partial charge >= 0.3 is 5.97 Å². The van der Waals surface area contributed by atoms with Crippen LogP contribution < -0.4 is 4.74 Å². The summed E-state index contributed by atoms with van der Waals surface area (Å²) in [5.74, 6) is 0.573. The molecule has 3 nitrogen and oxygen atoms in total. The van der Waals surface area contributed by atoms with Crippen molar-refractivity contribution in [3.63, 3.8) is 0 Å². The van der Waals surface area contributed by atoms with Crippen LogP contribution in [0.25, 0.3) is 0 Å². The summed E-state index contributed by atoms with van der Waals surface area (Å²) in [6, 6.07) is 7.54. The molecule has 0 unspecified atom stereocenters. The van der Waals surface area contributed by atoms with Gasteiger partial charge in [0, 0.05) is 0 Å². The normalized spacial score (nSPS) is 16.3. The first-order valence-corrected chi connectivity index (χ1v) is 5.19. The molecule has 1 aromatic rings. The van der Waals surface area contributed by atoms with Gasteiger partial charge in [0.05, 0.1) is 18.8 Å². The standard InChI is InChI=1S/C13H14O3/c1-3-16-12(14)13(8-9-13)10-4-6-11(15-2)7-5-10/h3-7H,1,8-9H2,2H3. The van der Waals surface area contributed by atoms with E-state index in [-0.39, 0.29) is 5.97 Å². The lowest BCUT2D eigenvalue weighted by Crippen LogP contribution is -2.21. The van der Waals surface area contributed by atoms with Crippen LogP contribution in [0.3, 0.4) is 0 Å². The lowest BCUT2D eigenvalue weighted by molar-refractivity contribution is -0.141. The van der Waals surface area contributed by atoms with Crippen molar-refractivity contribution in [2.45, 2.75) is 18.3 Å². The van der Waals surface area contributed by atoms with Gasteiger partial charge in [0.25, 0.3) is 0 Å². The van der Waals surface area contributed by atoms with Gasteiger partial charge in [-0.2, -0.15) is 0 Å². The van der Waals surface area contributed by atoms with E-state index < -0.39 is 5.41 Å². The Hall–Kier alpha value is -1.77. The summed E-state index contributed by atoms with van der Waals surface area (Å²) >= 11 is 0. The average Bonchev–Trinajstić information content (AvgIpc) is 3.11. The third-order valence-corrected chi connectivity index (χ3v) is 2.97. The Morgan fingerprint density at radius 2 is 2.00 bits per heavy atom. The van der Waals surface area contributed by atoms with E-state index in [9.17, 15) is 4.79 Å². The van der Waals surface area contributed by atoms with Crippen LogP contribution >= 0.6 is 0 Å². The van der Waals surface area contributed by atoms with Crippen LogP contribution in [0.2, 0.25) is 0 Å². The molecule has 3 heteroatoms. The monoisotopic (exact) mass is 218 g/mol. The Balaban J connectivity index is 2.22. The summed E-state index contributed by atoms with van der Waals surface area (Å²) in [7, 11) is 1.62. The molecule has 0 atom stereocenters. The van der Waals surface area contributed by atoms with Gasteiger partial charge in [0.1, 0.15) is 5.75 Å². The van der Waals surface area contributed by atoms with E-state index in [2.05, 4.69) is 6.58 Å². The maximum Gasteiger partial charge on any atom is 0.321 e. The van der Waals surface area contributed by atoms with E-state index in [1.807, 2.05) is 24.3 Å². The van der Waals surface area contributed by atoms with Crippen molar-refractivity contribution < 1.29 is 14.3 Å². The van der Waals surface area contributed by atoms with Crippen molar-refractivity contribution in [3.8, 4) is 5.75 Å². The smallest absolute Gasteiger partial charge is 0.321 e. The zero-order chi connectivity index (χ0) is 11.6. The summed E-state index contributed by atoms with van der Waals surface area (Å²) in [6.45, 7) is 3.40. The first-order valence-electron chi connectivity index (χ1n) is 5.19. The molecule has 0 radical (unpaired) electrons. The fraction of sp³-hybridized carbons (Fsp3) is 0.308. The molecule has 1 saturated carbocycles. The average molecular weight is 218 g/mol. The highest BCUT2D eigenvalue weighted by Crippen LogP contribution is 2.49. The van der Waals surface area contributed by atoms with E-state index in [4.69, 9.17) is 9.47 Å². The van der Waals surface area contributed by atoms with Gasteiger partial charge in [-0.15, -0.1) is 0 Å². The van der Waals surface area contributed by atoms with Crippen LogP contribution in [-0.4, -0.2) is 13.1 Å². The number of hydrogen-bond acceptors (Lipinski definition) is 3. The fourth-order valence-electron chi connectivity index (χ4n) is 1.83. The van der Waals surface area contributed by atoms with Gasteiger partial charge in [-0.25, -0.2) is 0 Å². The topological polar surface area (TPSA) is 35.5 Å². The van der Waals surface area contributed by atoms with E-state index >= 15 is 0 Å². The molecule has 0 saturated heterocycles. The predicted octanol–water partition coefficient (Wildman–Crippen LogP) is 2.41. The molecule has 1 aromatic carbocycles. The van der Waals surface area contributed by atoms with E-state index in [0.717, 1.165) is 24.2 Å². The number of hydrogen-bond donors (Lipinski definition) is 0. The molecule has 1 aliphatic rings. The van der Waals surface area contributed by atoms with Gasteiger partial charge in [-0.05, 0) is 30.5 Å². The molecule has 0 bridgehead atoms. The van der Waals surface area contributed by atoms with Crippen LogP contribution in [0.15, 0.2) is 37.1 Å². The molecule has 0 N–H and O–H groups in total. The maximum absolute atomic E-state index is 11.8. The second-order valence-electron chi connectivity index (χ2n) is 3.88. The second kappa shape index (κ2) is 4.00. The first-order chi connectivity index (χ1) is 7.73. The maximum atomic E-state index is 11.8. The van der Waals surface area contributed by atoms with Crippen LogP contribution in [0, 0.1) is 0 Å². The lowest BCUT2D eigenvalue weighted by atomic mass is 9.96. The highest BCUT2D eigenvalue weighted by molar-refractivity contribution is 5.87. The zero-order valence-electron chi connectivity index (χ0n) is 9.23. The van der Waals surface area contributed by atoms with Crippen LogP contribution in [0.5, 0.6) is 5.75 Å². The summed E-state index contributed by atoms with van der Waals surface area (Å²) < 4.78 is 9.95. The molecule has 84 valence electrons. The molecule has 16 heavy (non-hydrogen) atoms. The zero-order valence-corrected chi connectivity index (χ0v) is 9.23. The van der Waals surface area contributed by atoms with Crippen LogP contribution in [-0.2, 0) is 14.9 Å². The van der Waals surface area contributed by atoms with Gasteiger partial charge in [-0.1, -0.05) is 18.7 Å². The third-order valence-electron chi connectivity index (χ3n) is 2.97. The first kappa shape index (κ1) is 10.7. The summed E-state index contributed by atoms with van der Waals surface area (Å²) in [4.78, 5) is 11.8. The van der Waals surface area contributed by atoms with Crippen molar-refractivity contribution >= 4 is 5.97 Å². The Morgan fingerprint density at radius 1 is 1.38 bits per heavy atom. The Kier molecular flexibility index (Phi) is 2.69. The predicted molar refractivity (Wildman–Crippen MR) is 60.2 cm³/mol. The minimum atomic E-state index is -0.444. The molecule has 0 heterocycles. The van der Waals surface area contributed by atoms with Crippen LogP contribution in [0.1, 0.15) is 18.4 Å². The van der Waals surface area contributed by atoms with E-state index in [1.54, 1.807) is 7.11 Å². The van der Waals surface area contributed by atoms with Crippen LogP contribution in [0.4, 0.5) is 0 Å². The molecule has 0 aromatic heterocycles. The minimum Gasteiger partial charge on any atom is -0.497 e. The van der Waals surface area contributed by atoms with Gasteiger partial charge in [0.15, 0.2) is 0 Å². The molecule has 0 amide bonds. The summed E-state index contributed by atoms with van der Waals surface area (Å²) in [5, 5.41) is 0. The molecular formula is C13H14O3. The number of methoxy groups -OCH3 is 1. The van der Waals surface area contributed by atoms with Crippen molar-refractivity contribution in [2.75, 3.05) is 7.11 Å². The number of carbonyl (C=O) groups excluding carboxylic acids is 1. The highest BCUT2D eigenvalue weighted by atomic mass is 16.5. The van der Waals surface area contributed by atoms with Crippen molar-refractivity contribution in [3.05, 3.63) is 42.7 Å². The number of rotatable bonds is 4. The largest absolute Gasteiger partial charge is 0.497 e.